The number of rotatable bonds is 6. The molecule has 0 spiro atoms. The van der Waals surface area contributed by atoms with Crippen molar-refractivity contribution in [1.82, 2.24) is 9.88 Å². The summed E-state index contributed by atoms with van der Waals surface area (Å²) in [5.74, 6) is -0.0596. The van der Waals surface area contributed by atoms with Crippen molar-refractivity contribution < 1.29 is 18.3 Å². The van der Waals surface area contributed by atoms with Crippen LogP contribution < -0.4 is 10.1 Å². The van der Waals surface area contributed by atoms with Crippen LogP contribution in [0.3, 0.4) is 0 Å². The lowest BCUT2D eigenvalue weighted by Crippen LogP contribution is -2.38. The van der Waals surface area contributed by atoms with Crippen molar-refractivity contribution in [3.05, 3.63) is 54.4 Å². The molecule has 1 saturated carbocycles. The molecule has 1 aromatic carbocycles. The summed E-state index contributed by atoms with van der Waals surface area (Å²) in [4.78, 5) is 18.6. The zero-order chi connectivity index (χ0) is 17.8. The number of hydrogen-bond acceptors (Lipinski definition) is 3. The molecule has 0 bridgehead atoms. The van der Waals surface area contributed by atoms with Gasteiger partial charge < -0.3 is 15.0 Å². The van der Waals surface area contributed by atoms with Gasteiger partial charge in [-0.2, -0.15) is 8.78 Å². The number of halogens is 2. The van der Waals surface area contributed by atoms with Crippen LogP contribution in [0, 0.1) is 0 Å². The number of ether oxygens (including phenoxy) is 1. The van der Waals surface area contributed by atoms with Crippen LogP contribution in [0.25, 0.3) is 0 Å². The lowest BCUT2D eigenvalue weighted by molar-refractivity contribution is -0.0493. The highest BCUT2D eigenvalue weighted by atomic mass is 19.3. The van der Waals surface area contributed by atoms with Crippen molar-refractivity contribution in [1.29, 1.82) is 0 Å². The maximum atomic E-state index is 12.8. The van der Waals surface area contributed by atoms with Crippen molar-refractivity contribution >= 4 is 11.7 Å². The third kappa shape index (κ3) is 4.23. The Labute approximate surface area is 144 Å². The molecule has 1 aromatic heterocycles. The molecule has 0 radical (unpaired) electrons. The predicted molar refractivity (Wildman–Crippen MR) is 89.6 cm³/mol. The van der Waals surface area contributed by atoms with Gasteiger partial charge in [0.1, 0.15) is 5.75 Å². The van der Waals surface area contributed by atoms with Crippen LogP contribution in [-0.2, 0) is 0 Å². The smallest absolute Gasteiger partial charge is 0.387 e. The van der Waals surface area contributed by atoms with Crippen molar-refractivity contribution in [3.63, 3.8) is 0 Å². The van der Waals surface area contributed by atoms with Gasteiger partial charge in [0.05, 0.1) is 11.7 Å². The van der Waals surface area contributed by atoms with Crippen LogP contribution in [0.5, 0.6) is 5.75 Å². The second-order valence-electron chi connectivity index (χ2n) is 5.91. The third-order valence-corrected chi connectivity index (χ3v) is 4.10. The first-order valence-electron chi connectivity index (χ1n) is 8.09. The van der Waals surface area contributed by atoms with Crippen LogP contribution in [0.2, 0.25) is 0 Å². The number of anilines is 1. The number of nitrogens with one attached hydrogen (secondary N) is 1. The number of carbonyl (C=O) groups is 1. The Morgan fingerprint density at radius 3 is 2.68 bits per heavy atom. The van der Waals surface area contributed by atoms with Gasteiger partial charge in [-0.05, 0) is 43.5 Å². The zero-order valence-electron chi connectivity index (χ0n) is 13.7. The fraction of sp³-hybridized carbons (Fsp3) is 0.333. The fourth-order valence-corrected chi connectivity index (χ4v) is 2.74. The second kappa shape index (κ2) is 7.46. The van der Waals surface area contributed by atoms with E-state index < -0.39 is 6.61 Å². The molecule has 1 atom stereocenters. The first-order chi connectivity index (χ1) is 12.1. The average molecular weight is 347 g/mol. The van der Waals surface area contributed by atoms with Crippen LogP contribution in [-0.4, -0.2) is 28.6 Å². The minimum atomic E-state index is -2.95. The lowest BCUT2D eigenvalue weighted by atomic mass is 10.1. The molecule has 1 aliphatic carbocycles. The fourth-order valence-electron chi connectivity index (χ4n) is 2.74. The quantitative estimate of drug-likeness (QED) is 0.840. The highest BCUT2D eigenvalue weighted by Gasteiger charge is 2.36. The molecule has 2 amide bonds. The highest BCUT2D eigenvalue weighted by molar-refractivity contribution is 5.91. The van der Waals surface area contributed by atoms with Gasteiger partial charge in [-0.3, -0.25) is 4.98 Å². The Morgan fingerprint density at radius 1 is 1.28 bits per heavy atom. The molecule has 0 saturated heterocycles. The third-order valence-electron chi connectivity index (χ3n) is 4.10. The van der Waals surface area contributed by atoms with E-state index in [4.69, 9.17) is 0 Å². The molecule has 0 unspecified atom stereocenters. The summed E-state index contributed by atoms with van der Waals surface area (Å²) >= 11 is 0. The van der Waals surface area contributed by atoms with E-state index in [-0.39, 0.29) is 29.6 Å². The monoisotopic (exact) mass is 347 g/mol. The minimum Gasteiger partial charge on any atom is -0.433 e. The summed E-state index contributed by atoms with van der Waals surface area (Å²) < 4.78 is 29.5. The van der Waals surface area contributed by atoms with Crippen molar-refractivity contribution in [2.24, 2.45) is 0 Å². The van der Waals surface area contributed by atoms with E-state index in [0.717, 1.165) is 18.4 Å². The number of para-hydroxylation sites is 2. The molecule has 5 nitrogen and oxygen atoms in total. The van der Waals surface area contributed by atoms with Crippen LogP contribution >= 0.6 is 0 Å². The van der Waals surface area contributed by atoms with E-state index in [1.165, 1.54) is 12.1 Å². The van der Waals surface area contributed by atoms with E-state index in [9.17, 15) is 13.6 Å². The second-order valence-corrected chi connectivity index (χ2v) is 5.91. The topological polar surface area (TPSA) is 54.5 Å². The van der Waals surface area contributed by atoms with E-state index in [1.807, 2.05) is 19.1 Å². The maximum Gasteiger partial charge on any atom is 0.387 e. The van der Waals surface area contributed by atoms with E-state index in [1.54, 1.807) is 29.4 Å². The molecule has 25 heavy (non-hydrogen) atoms. The minimum absolute atomic E-state index is 0.0596. The summed E-state index contributed by atoms with van der Waals surface area (Å²) in [5, 5.41) is 2.70. The standard InChI is InChI=1S/C18H19F2N3O2/c1-12(13-5-4-10-21-11-13)23(14-8-9-14)18(24)22-15-6-2-3-7-16(15)25-17(19)20/h2-7,10-12,14,17H,8-9H2,1H3,(H,22,24)/t12-/m1/s1. The molecule has 0 aliphatic heterocycles. The van der Waals surface area contributed by atoms with E-state index in [2.05, 4.69) is 15.0 Å². The van der Waals surface area contributed by atoms with E-state index >= 15 is 0 Å². The van der Waals surface area contributed by atoms with Gasteiger partial charge in [0.25, 0.3) is 0 Å². The Balaban J connectivity index is 1.79. The molecular formula is C18H19F2N3O2. The zero-order valence-corrected chi connectivity index (χ0v) is 13.7. The van der Waals surface area contributed by atoms with Gasteiger partial charge >= 0.3 is 12.6 Å². The van der Waals surface area contributed by atoms with Gasteiger partial charge in [0, 0.05) is 18.4 Å². The largest absolute Gasteiger partial charge is 0.433 e. The van der Waals surface area contributed by atoms with Crippen molar-refractivity contribution in [2.75, 3.05) is 5.32 Å². The number of amides is 2. The SMILES string of the molecule is C[C@H](c1cccnc1)N(C(=O)Nc1ccccc1OC(F)F)C1CC1. The number of urea groups is 1. The summed E-state index contributed by atoms with van der Waals surface area (Å²) in [5.41, 5.74) is 1.14. The van der Waals surface area contributed by atoms with Crippen molar-refractivity contribution in [3.8, 4) is 5.75 Å². The molecule has 1 N–H and O–H groups in total. The van der Waals surface area contributed by atoms with Gasteiger partial charge in [-0.25, -0.2) is 4.79 Å². The van der Waals surface area contributed by atoms with Crippen LogP contribution in [0.1, 0.15) is 31.4 Å². The molecule has 1 fully saturated rings. The molecule has 132 valence electrons. The predicted octanol–water partition coefficient (Wildman–Crippen LogP) is 4.44. The van der Waals surface area contributed by atoms with Crippen LogP contribution in [0.15, 0.2) is 48.8 Å². The molecule has 7 heteroatoms. The van der Waals surface area contributed by atoms with E-state index in [0.29, 0.717) is 0 Å². The van der Waals surface area contributed by atoms with Crippen LogP contribution in [0.4, 0.5) is 19.3 Å². The number of carbonyl (C=O) groups excluding carboxylic acids is 1. The molecule has 1 heterocycles. The summed E-state index contributed by atoms with van der Waals surface area (Å²) in [7, 11) is 0. The first-order valence-corrected chi connectivity index (χ1v) is 8.09. The normalized spacial score (nSPS) is 14.9. The number of pyridine rings is 1. The molecule has 2 aromatic rings. The summed E-state index contributed by atoms with van der Waals surface area (Å²) in [6.45, 7) is -1.02. The average Bonchev–Trinajstić information content (AvgIpc) is 3.42. The van der Waals surface area contributed by atoms with Gasteiger partial charge in [0.2, 0.25) is 0 Å². The summed E-state index contributed by atoms with van der Waals surface area (Å²) in [6.07, 6.45) is 5.25. The van der Waals surface area contributed by atoms with Gasteiger partial charge in [-0.1, -0.05) is 18.2 Å². The van der Waals surface area contributed by atoms with Gasteiger partial charge in [0.15, 0.2) is 0 Å². The number of aromatic nitrogens is 1. The highest BCUT2D eigenvalue weighted by Crippen LogP contribution is 2.35. The number of alkyl halides is 2. The molecule has 1 aliphatic rings. The Hall–Kier alpha value is -2.70. The summed E-state index contributed by atoms with van der Waals surface area (Å²) in [6, 6.07) is 9.51. The first kappa shape index (κ1) is 17.1. The van der Waals surface area contributed by atoms with Gasteiger partial charge in [-0.15, -0.1) is 0 Å². The Kier molecular flexibility index (Phi) is 5.11. The Bertz CT molecular complexity index is 723. The number of nitrogens with zero attached hydrogens (tertiary/aromatic N) is 2. The molecule has 3 rings (SSSR count). The number of hydrogen-bond donors (Lipinski definition) is 1. The lowest BCUT2D eigenvalue weighted by Gasteiger charge is -2.30. The Morgan fingerprint density at radius 2 is 2.04 bits per heavy atom. The maximum absolute atomic E-state index is 12.8. The number of benzene rings is 1. The van der Waals surface area contributed by atoms with Crippen molar-refractivity contribution in [2.45, 2.75) is 38.5 Å². The molecular weight excluding hydrogens is 328 g/mol.